The summed E-state index contributed by atoms with van der Waals surface area (Å²) >= 11 is 0. The maximum Gasteiger partial charge on any atom is 0.331 e. The van der Waals surface area contributed by atoms with Gasteiger partial charge in [0.1, 0.15) is 0 Å². The lowest BCUT2D eigenvalue weighted by atomic mass is 10.1. The summed E-state index contributed by atoms with van der Waals surface area (Å²) in [7, 11) is 0. The Hall–Kier alpha value is -3.67. The fourth-order valence-corrected chi connectivity index (χ4v) is 2.82. The number of ether oxygens (including phenoxy) is 1. The first-order valence-corrected chi connectivity index (χ1v) is 9.88. The molecule has 0 saturated carbocycles. The molecule has 0 fully saturated rings. The number of nitrogens with one attached hydrogen (secondary N) is 1. The average Bonchev–Trinajstić information content (AvgIpc) is 3.20. The second kappa shape index (κ2) is 10.2. The van der Waals surface area contributed by atoms with E-state index in [-0.39, 0.29) is 5.91 Å². The molecule has 0 saturated heterocycles. The Labute approximate surface area is 176 Å². The summed E-state index contributed by atoms with van der Waals surface area (Å²) in [5.41, 5.74) is 3.77. The maximum absolute atomic E-state index is 12.2. The highest BCUT2D eigenvalue weighted by Crippen LogP contribution is 2.11. The molecule has 154 valence electrons. The Morgan fingerprint density at radius 1 is 1.10 bits per heavy atom. The molecule has 0 aliphatic rings. The largest absolute Gasteiger partial charge is 0.449 e. The first-order valence-electron chi connectivity index (χ1n) is 9.88. The molecule has 6 heteroatoms. The van der Waals surface area contributed by atoms with Crippen molar-refractivity contribution in [1.29, 1.82) is 0 Å². The van der Waals surface area contributed by atoms with E-state index >= 15 is 0 Å². The van der Waals surface area contributed by atoms with Crippen molar-refractivity contribution in [3.05, 3.63) is 89.8 Å². The Bertz CT molecular complexity index is 1010. The third-order valence-electron chi connectivity index (χ3n) is 4.54. The van der Waals surface area contributed by atoms with Crippen LogP contribution in [0.2, 0.25) is 0 Å². The van der Waals surface area contributed by atoms with E-state index in [0.29, 0.717) is 12.2 Å². The normalized spacial score (nSPS) is 11.9. The van der Waals surface area contributed by atoms with Crippen LogP contribution in [0, 0.1) is 0 Å². The van der Waals surface area contributed by atoms with Crippen LogP contribution in [0.25, 0.3) is 6.08 Å². The number of nitrogens with zero attached hydrogens (tertiary/aromatic N) is 2. The minimum absolute atomic E-state index is 0.378. The lowest BCUT2D eigenvalue weighted by Gasteiger charge is -2.12. The van der Waals surface area contributed by atoms with Crippen LogP contribution >= 0.6 is 0 Å². The molecule has 30 heavy (non-hydrogen) atoms. The van der Waals surface area contributed by atoms with Gasteiger partial charge in [0.25, 0.3) is 5.91 Å². The number of hydrogen-bond acceptors (Lipinski definition) is 4. The number of hydrogen-bond donors (Lipinski definition) is 1. The van der Waals surface area contributed by atoms with E-state index in [0.717, 1.165) is 17.5 Å². The van der Waals surface area contributed by atoms with Crippen LogP contribution in [-0.4, -0.2) is 27.8 Å². The van der Waals surface area contributed by atoms with E-state index in [9.17, 15) is 9.59 Å². The summed E-state index contributed by atoms with van der Waals surface area (Å²) in [5.74, 6) is -0.966. The van der Waals surface area contributed by atoms with Gasteiger partial charge < -0.3 is 10.1 Å². The van der Waals surface area contributed by atoms with Crippen LogP contribution in [0.1, 0.15) is 30.5 Å². The highest BCUT2D eigenvalue weighted by molar-refractivity contribution is 5.96. The van der Waals surface area contributed by atoms with Crippen molar-refractivity contribution in [2.24, 2.45) is 0 Å². The smallest absolute Gasteiger partial charge is 0.331 e. The quantitative estimate of drug-likeness (QED) is 0.454. The third kappa shape index (κ3) is 6.17. The van der Waals surface area contributed by atoms with Crippen molar-refractivity contribution in [1.82, 2.24) is 9.78 Å². The van der Waals surface area contributed by atoms with Crippen molar-refractivity contribution in [3.8, 4) is 0 Å². The van der Waals surface area contributed by atoms with Crippen LogP contribution in [0.5, 0.6) is 0 Å². The lowest BCUT2D eigenvalue weighted by Crippen LogP contribution is -2.29. The monoisotopic (exact) mass is 403 g/mol. The van der Waals surface area contributed by atoms with E-state index in [1.807, 2.05) is 60.8 Å². The van der Waals surface area contributed by atoms with E-state index in [2.05, 4.69) is 17.3 Å². The van der Waals surface area contributed by atoms with Gasteiger partial charge in [-0.15, -0.1) is 0 Å². The SMILES string of the molecule is CCc1ccc(NC(=O)[C@@H](C)OC(=O)/C=C/c2cnn(Cc3ccccc3)c2)cc1. The molecule has 6 nitrogen and oxygen atoms in total. The topological polar surface area (TPSA) is 73.2 Å². The molecule has 1 atom stereocenters. The van der Waals surface area contributed by atoms with Gasteiger partial charge in [-0.3, -0.25) is 9.48 Å². The number of aromatic nitrogens is 2. The van der Waals surface area contributed by atoms with Crippen LogP contribution < -0.4 is 5.32 Å². The standard InChI is InChI=1S/C24H25N3O3/c1-3-19-9-12-22(13-10-19)26-24(29)18(2)30-23(28)14-11-21-15-25-27(17-21)16-20-7-5-4-6-8-20/h4-15,17-18H,3,16H2,1-2H3,(H,26,29)/b14-11+/t18-/m1/s1. The molecule has 1 N–H and O–H groups in total. The average molecular weight is 403 g/mol. The zero-order valence-electron chi connectivity index (χ0n) is 17.1. The summed E-state index contributed by atoms with van der Waals surface area (Å²) in [6.45, 7) is 4.26. The number of carbonyl (C=O) groups excluding carboxylic acids is 2. The number of rotatable bonds is 8. The molecular formula is C24H25N3O3. The second-order valence-electron chi connectivity index (χ2n) is 6.91. The molecule has 1 amide bonds. The van der Waals surface area contributed by atoms with Crippen LogP contribution in [-0.2, 0) is 27.3 Å². The van der Waals surface area contributed by atoms with Gasteiger partial charge >= 0.3 is 5.97 Å². The first-order chi connectivity index (χ1) is 14.5. The molecular weight excluding hydrogens is 378 g/mol. The minimum atomic E-state index is -0.909. The predicted octanol–water partition coefficient (Wildman–Crippen LogP) is 4.08. The van der Waals surface area contributed by atoms with Gasteiger partial charge in [0.05, 0.1) is 12.7 Å². The number of benzene rings is 2. The Balaban J connectivity index is 1.49. The number of aryl methyl sites for hydroxylation is 1. The highest BCUT2D eigenvalue weighted by Gasteiger charge is 2.16. The van der Waals surface area contributed by atoms with Crippen LogP contribution in [0.15, 0.2) is 73.1 Å². The fourth-order valence-electron chi connectivity index (χ4n) is 2.82. The van der Waals surface area contributed by atoms with Gasteiger partial charge in [-0.25, -0.2) is 4.79 Å². The Kier molecular flexibility index (Phi) is 7.16. The van der Waals surface area contributed by atoms with Crippen LogP contribution in [0.4, 0.5) is 5.69 Å². The van der Waals surface area contributed by atoms with E-state index in [1.54, 1.807) is 23.9 Å². The summed E-state index contributed by atoms with van der Waals surface area (Å²) in [6.07, 6.45) is 6.44. The highest BCUT2D eigenvalue weighted by atomic mass is 16.5. The fraction of sp³-hybridized carbons (Fsp3) is 0.208. The summed E-state index contributed by atoms with van der Waals surface area (Å²) in [4.78, 5) is 24.3. The Morgan fingerprint density at radius 2 is 1.83 bits per heavy atom. The van der Waals surface area contributed by atoms with Crippen molar-refractivity contribution < 1.29 is 14.3 Å². The minimum Gasteiger partial charge on any atom is -0.449 e. The first kappa shape index (κ1) is 21.0. The third-order valence-corrected chi connectivity index (χ3v) is 4.54. The van der Waals surface area contributed by atoms with Crippen molar-refractivity contribution in [2.45, 2.75) is 32.9 Å². The molecule has 0 aliphatic carbocycles. The number of esters is 1. The Morgan fingerprint density at radius 3 is 2.53 bits per heavy atom. The van der Waals surface area contributed by atoms with Crippen molar-refractivity contribution >= 4 is 23.6 Å². The molecule has 1 heterocycles. The van der Waals surface area contributed by atoms with Gasteiger partial charge in [0, 0.05) is 23.5 Å². The maximum atomic E-state index is 12.2. The van der Waals surface area contributed by atoms with Gasteiger partial charge in [0.15, 0.2) is 6.10 Å². The molecule has 0 unspecified atom stereocenters. The summed E-state index contributed by atoms with van der Waals surface area (Å²) in [5, 5.41) is 7.03. The zero-order chi connectivity index (χ0) is 21.3. The molecule has 3 aromatic rings. The lowest BCUT2D eigenvalue weighted by molar-refractivity contribution is -0.148. The van der Waals surface area contributed by atoms with E-state index in [4.69, 9.17) is 4.74 Å². The zero-order valence-corrected chi connectivity index (χ0v) is 17.1. The molecule has 0 aliphatic heterocycles. The number of anilines is 1. The predicted molar refractivity (Wildman–Crippen MR) is 117 cm³/mol. The van der Waals surface area contributed by atoms with Gasteiger partial charge in [-0.05, 0) is 42.7 Å². The van der Waals surface area contributed by atoms with Gasteiger partial charge in [-0.1, -0.05) is 49.4 Å². The molecule has 0 spiro atoms. The summed E-state index contributed by atoms with van der Waals surface area (Å²) < 4.78 is 6.98. The van der Waals surface area contributed by atoms with Crippen molar-refractivity contribution in [2.75, 3.05) is 5.32 Å². The molecule has 2 aromatic carbocycles. The van der Waals surface area contributed by atoms with E-state index in [1.165, 1.54) is 11.6 Å². The van der Waals surface area contributed by atoms with Crippen LogP contribution in [0.3, 0.4) is 0 Å². The van der Waals surface area contributed by atoms with Crippen molar-refractivity contribution in [3.63, 3.8) is 0 Å². The molecule has 3 rings (SSSR count). The van der Waals surface area contributed by atoms with Gasteiger partial charge in [-0.2, -0.15) is 5.10 Å². The van der Waals surface area contributed by atoms with E-state index < -0.39 is 12.1 Å². The second-order valence-corrected chi connectivity index (χ2v) is 6.91. The summed E-state index contributed by atoms with van der Waals surface area (Å²) in [6, 6.07) is 17.5. The molecule has 1 aromatic heterocycles. The molecule has 0 bridgehead atoms. The number of amides is 1. The number of carbonyl (C=O) groups is 2. The van der Waals surface area contributed by atoms with Gasteiger partial charge in [0.2, 0.25) is 0 Å². The molecule has 0 radical (unpaired) electrons.